The second-order valence-electron chi connectivity index (χ2n) is 8.16. The number of hydrogen-bond acceptors (Lipinski definition) is 5. The summed E-state index contributed by atoms with van der Waals surface area (Å²) in [6, 6.07) is 6.75. The minimum atomic E-state index is -4.64. The molecule has 10 heteroatoms. The molecular formula is C23H23F3N4O3. The van der Waals surface area contributed by atoms with E-state index < -0.39 is 17.8 Å². The highest BCUT2D eigenvalue weighted by Gasteiger charge is 2.33. The lowest BCUT2D eigenvalue weighted by atomic mass is 9.84. The first kappa shape index (κ1) is 22.8. The van der Waals surface area contributed by atoms with Crippen molar-refractivity contribution in [3.05, 3.63) is 47.9 Å². The lowest BCUT2D eigenvalue weighted by Gasteiger charge is -2.27. The van der Waals surface area contributed by atoms with Gasteiger partial charge >= 0.3 is 6.18 Å². The SMILES string of the molecule is COc1cc2nn([C@H]3CC[C@H](CC=O)CC3)cc2cc1NC(=O)c1cccc(C(F)(F)F)n1. The number of rotatable bonds is 6. The predicted molar refractivity (Wildman–Crippen MR) is 115 cm³/mol. The summed E-state index contributed by atoms with van der Waals surface area (Å²) >= 11 is 0. The first-order valence-corrected chi connectivity index (χ1v) is 10.6. The lowest BCUT2D eigenvalue weighted by Crippen LogP contribution is -2.18. The fourth-order valence-electron chi connectivity index (χ4n) is 4.21. The zero-order valence-corrected chi connectivity index (χ0v) is 17.9. The molecule has 33 heavy (non-hydrogen) atoms. The number of anilines is 1. The smallest absolute Gasteiger partial charge is 0.433 e. The molecule has 174 valence electrons. The molecule has 1 N–H and O–H groups in total. The van der Waals surface area contributed by atoms with Gasteiger partial charge in [-0.25, -0.2) is 4.98 Å². The van der Waals surface area contributed by atoms with Crippen LogP contribution < -0.4 is 10.1 Å². The van der Waals surface area contributed by atoms with E-state index in [9.17, 15) is 22.8 Å². The summed E-state index contributed by atoms with van der Waals surface area (Å²) in [5.41, 5.74) is -0.503. The standard InChI is InChI=1S/C23H23F3N4O3/c1-33-20-12-18-15(13-30(29-18)16-7-5-14(6-8-16)9-10-31)11-19(20)28-22(32)17-3-2-4-21(27-17)23(24,25)26/h2-4,10-14,16H,5-9H2,1H3,(H,28,32)/t14-,16-. The summed E-state index contributed by atoms with van der Waals surface area (Å²) in [6.07, 6.45) is 2.59. The van der Waals surface area contributed by atoms with E-state index in [2.05, 4.69) is 15.4 Å². The van der Waals surface area contributed by atoms with E-state index in [-0.39, 0.29) is 11.7 Å². The molecule has 1 amide bonds. The number of halogens is 3. The summed E-state index contributed by atoms with van der Waals surface area (Å²) in [5, 5.41) is 8.01. The fraction of sp³-hybridized carbons (Fsp3) is 0.391. The van der Waals surface area contributed by atoms with Gasteiger partial charge < -0.3 is 14.8 Å². The third-order valence-corrected chi connectivity index (χ3v) is 5.98. The Morgan fingerprint density at radius 2 is 2.00 bits per heavy atom. The number of benzene rings is 1. The van der Waals surface area contributed by atoms with E-state index in [0.717, 1.165) is 49.5 Å². The van der Waals surface area contributed by atoms with Gasteiger partial charge in [0, 0.05) is 24.1 Å². The van der Waals surface area contributed by atoms with Gasteiger partial charge in [-0.15, -0.1) is 0 Å². The fourth-order valence-corrected chi connectivity index (χ4v) is 4.21. The Bertz CT molecular complexity index is 1170. The number of amides is 1. The summed E-state index contributed by atoms with van der Waals surface area (Å²) in [4.78, 5) is 26.8. The number of methoxy groups -OCH3 is 1. The third-order valence-electron chi connectivity index (χ3n) is 5.98. The van der Waals surface area contributed by atoms with Crippen LogP contribution >= 0.6 is 0 Å². The Balaban J connectivity index is 1.56. The number of alkyl halides is 3. The van der Waals surface area contributed by atoms with Crippen LogP contribution in [0, 0.1) is 5.92 Å². The molecular weight excluding hydrogens is 437 g/mol. The minimum Gasteiger partial charge on any atom is -0.494 e. The van der Waals surface area contributed by atoms with Crippen molar-refractivity contribution >= 4 is 28.8 Å². The quantitative estimate of drug-likeness (QED) is 0.522. The summed E-state index contributed by atoms with van der Waals surface area (Å²) < 4.78 is 46.1. The monoisotopic (exact) mass is 460 g/mol. The molecule has 1 fully saturated rings. The van der Waals surface area contributed by atoms with Gasteiger partial charge in [0.1, 0.15) is 23.4 Å². The van der Waals surface area contributed by atoms with Gasteiger partial charge in [0.25, 0.3) is 5.91 Å². The summed E-state index contributed by atoms with van der Waals surface area (Å²) in [7, 11) is 1.44. The van der Waals surface area contributed by atoms with E-state index in [4.69, 9.17) is 4.74 Å². The molecule has 3 aromatic rings. The number of pyridine rings is 1. The molecule has 2 aromatic heterocycles. The topological polar surface area (TPSA) is 86.1 Å². The molecule has 0 radical (unpaired) electrons. The van der Waals surface area contributed by atoms with Crippen molar-refractivity contribution in [1.82, 2.24) is 14.8 Å². The van der Waals surface area contributed by atoms with Gasteiger partial charge in [-0.2, -0.15) is 18.3 Å². The maximum absolute atomic E-state index is 12.9. The van der Waals surface area contributed by atoms with Crippen molar-refractivity contribution in [3.63, 3.8) is 0 Å². The third kappa shape index (κ3) is 4.99. The van der Waals surface area contributed by atoms with E-state index in [1.54, 1.807) is 12.1 Å². The van der Waals surface area contributed by atoms with Gasteiger partial charge in [-0.1, -0.05) is 6.07 Å². The van der Waals surface area contributed by atoms with E-state index in [1.165, 1.54) is 13.2 Å². The van der Waals surface area contributed by atoms with Crippen molar-refractivity contribution in [3.8, 4) is 5.75 Å². The van der Waals surface area contributed by atoms with Crippen LogP contribution in [0.4, 0.5) is 18.9 Å². The van der Waals surface area contributed by atoms with Crippen LogP contribution in [0.2, 0.25) is 0 Å². The van der Waals surface area contributed by atoms with E-state index in [0.29, 0.717) is 29.3 Å². The number of aromatic nitrogens is 3. The zero-order chi connectivity index (χ0) is 23.6. The van der Waals surface area contributed by atoms with Crippen LogP contribution in [0.1, 0.15) is 54.3 Å². The molecule has 1 aliphatic carbocycles. The van der Waals surface area contributed by atoms with Crippen molar-refractivity contribution in [2.45, 2.75) is 44.3 Å². The maximum Gasteiger partial charge on any atom is 0.433 e. The first-order valence-electron chi connectivity index (χ1n) is 10.6. The van der Waals surface area contributed by atoms with Crippen LogP contribution in [-0.2, 0) is 11.0 Å². The molecule has 2 heterocycles. The predicted octanol–water partition coefficient (Wildman–Crippen LogP) is 5.03. The first-order chi connectivity index (χ1) is 15.8. The van der Waals surface area contributed by atoms with Crippen molar-refractivity contribution in [2.24, 2.45) is 5.92 Å². The minimum absolute atomic E-state index is 0.221. The number of nitrogens with one attached hydrogen (secondary N) is 1. The highest BCUT2D eigenvalue weighted by molar-refractivity contribution is 6.05. The van der Waals surface area contributed by atoms with Gasteiger partial charge in [0.05, 0.1) is 24.4 Å². The highest BCUT2D eigenvalue weighted by atomic mass is 19.4. The van der Waals surface area contributed by atoms with Crippen LogP contribution in [0.5, 0.6) is 5.75 Å². The van der Waals surface area contributed by atoms with Crippen LogP contribution in [-0.4, -0.2) is 34.1 Å². The number of carbonyl (C=O) groups is 2. The average molecular weight is 460 g/mol. The molecule has 0 bridgehead atoms. The number of nitrogens with zero attached hydrogens (tertiary/aromatic N) is 3. The van der Waals surface area contributed by atoms with Crippen molar-refractivity contribution in [1.29, 1.82) is 0 Å². The van der Waals surface area contributed by atoms with Crippen LogP contribution in [0.15, 0.2) is 36.5 Å². The molecule has 1 saturated carbocycles. The number of fused-ring (bicyclic) bond motifs is 1. The second kappa shape index (κ2) is 9.21. The van der Waals surface area contributed by atoms with Crippen LogP contribution in [0.3, 0.4) is 0 Å². The molecule has 7 nitrogen and oxygen atoms in total. The molecule has 0 atom stereocenters. The normalized spacial score (nSPS) is 18.8. The number of carbonyl (C=O) groups excluding carboxylic acids is 2. The summed E-state index contributed by atoms with van der Waals surface area (Å²) in [5.74, 6) is -0.0162. The Morgan fingerprint density at radius 3 is 2.67 bits per heavy atom. The Labute approximate surface area is 187 Å². The van der Waals surface area contributed by atoms with E-state index in [1.807, 2.05) is 10.9 Å². The van der Waals surface area contributed by atoms with Gasteiger partial charge in [-0.3, -0.25) is 9.48 Å². The molecule has 4 rings (SSSR count). The molecule has 1 aromatic carbocycles. The van der Waals surface area contributed by atoms with Gasteiger partial charge in [0.15, 0.2) is 0 Å². The Morgan fingerprint density at radius 1 is 1.24 bits per heavy atom. The summed E-state index contributed by atoms with van der Waals surface area (Å²) in [6.45, 7) is 0. The van der Waals surface area contributed by atoms with E-state index >= 15 is 0 Å². The Kier molecular flexibility index (Phi) is 6.35. The molecule has 0 spiro atoms. The maximum atomic E-state index is 12.9. The molecule has 0 unspecified atom stereocenters. The van der Waals surface area contributed by atoms with Crippen molar-refractivity contribution in [2.75, 3.05) is 12.4 Å². The second-order valence-corrected chi connectivity index (χ2v) is 8.16. The highest BCUT2D eigenvalue weighted by Crippen LogP contribution is 2.36. The largest absolute Gasteiger partial charge is 0.494 e. The van der Waals surface area contributed by atoms with Gasteiger partial charge in [-0.05, 0) is 49.8 Å². The number of aldehydes is 1. The van der Waals surface area contributed by atoms with Crippen LogP contribution in [0.25, 0.3) is 10.9 Å². The van der Waals surface area contributed by atoms with Crippen molar-refractivity contribution < 1.29 is 27.5 Å². The Hall–Kier alpha value is -3.43. The molecule has 1 aliphatic rings. The lowest BCUT2D eigenvalue weighted by molar-refractivity contribution is -0.141. The molecule has 0 saturated heterocycles. The van der Waals surface area contributed by atoms with Gasteiger partial charge in [0.2, 0.25) is 0 Å². The number of hydrogen-bond donors (Lipinski definition) is 1. The molecule has 0 aliphatic heterocycles. The average Bonchev–Trinajstić information content (AvgIpc) is 3.21. The zero-order valence-electron chi connectivity index (χ0n) is 17.9. The number of ether oxygens (including phenoxy) is 1.